The van der Waals surface area contributed by atoms with E-state index in [4.69, 9.17) is 0 Å². The first kappa shape index (κ1) is 24.4. The van der Waals surface area contributed by atoms with Gasteiger partial charge in [0.05, 0.1) is 6.10 Å². The van der Waals surface area contributed by atoms with Gasteiger partial charge in [-0.3, -0.25) is 0 Å². The molecule has 0 saturated heterocycles. The Morgan fingerprint density at radius 2 is 1.29 bits per heavy atom. The van der Waals surface area contributed by atoms with Crippen molar-refractivity contribution in [1.82, 2.24) is 0 Å². The van der Waals surface area contributed by atoms with E-state index in [0.717, 1.165) is 6.07 Å². The van der Waals surface area contributed by atoms with Crippen LogP contribution in [0.4, 0.5) is 48.3 Å². The third-order valence-corrected chi connectivity index (χ3v) is 3.99. The lowest BCUT2D eigenvalue weighted by Gasteiger charge is -2.37. The maximum Gasteiger partial charge on any atom is 0.460 e. The summed E-state index contributed by atoms with van der Waals surface area (Å²) in [5.74, 6) is -28.1. The van der Waals surface area contributed by atoms with Crippen molar-refractivity contribution < 1.29 is 53.4 Å². The molecule has 1 unspecified atom stereocenters. The molecule has 12 heteroatoms. The van der Waals surface area contributed by atoms with E-state index in [1.165, 1.54) is 18.2 Å². The Morgan fingerprint density at radius 3 is 1.75 bits per heavy atom. The highest BCUT2D eigenvalue weighted by Gasteiger charge is 2.87. The van der Waals surface area contributed by atoms with Gasteiger partial charge >= 0.3 is 29.9 Å². The number of rotatable bonds is 8. The molecule has 1 nitrogen and oxygen atoms in total. The van der Waals surface area contributed by atoms with Gasteiger partial charge in [-0.1, -0.05) is 37.6 Å². The van der Waals surface area contributed by atoms with Crippen molar-refractivity contribution in [2.45, 2.75) is 62.2 Å². The number of hydrogen-bond acceptors (Lipinski definition) is 1. The van der Waals surface area contributed by atoms with Gasteiger partial charge in [0.25, 0.3) is 0 Å². The van der Waals surface area contributed by atoms with Crippen LogP contribution in [0.1, 0.15) is 37.0 Å². The molecule has 0 aliphatic carbocycles. The van der Waals surface area contributed by atoms with Crippen molar-refractivity contribution in [2.75, 3.05) is 0 Å². The lowest BCUT2D eigenvalue weighted by atomic mass is 9.90. The molecule has 0 saturated carbocycles. The third-order valence-electron chi connectivity index (χ3n) is 3.99. The summed E-state index contributed by atoms with van der Waals surface area (Å²) in [4.78, 5) is 0. The summed E-state index contributed by atoms with van der Waals surface area (Å²) in [7, 11) is 0. The third kappa shape index (κ3) is 4.06. The number of hydrogen-bond donors (Lipinski definition) is 1. The Balaban J connectivity index is 3.27. The van der Waals surface area contributed by atoms with Gasteiger partial charge in [0, 0.05) is 6.42 Å². The standard InChI is InChI=1S/C16H15F11O/c1-2-5-9-6-3-4-7-10(9)11(28)8-12(17,18)13(19,20)14(21,22)15(23,24)16(25,26)27/h3-4,6-7,11,28H,2,5,8H2,1H3. The molecule has 1 aromatic rings. The van der Waals surface area contributed by atoms with Crippen LogP contribution in [-0.2, 0) is 6.42 Å². The Morgan fingerprint density at radius 1 is 0.786 bits per heavy atom. The second-order valence-corrected chi connectivity index (χ2v) is 6.09. The number of aryl methyl sites for hydroxylation is 1. The fourth-order valence-corrected chi connectivity index (χ4v) is 2.44. The van der Waals surface area contributed by atoms with Crippen molar-refractivity contribution in [1.29, 1.82) is 0 Å². The highest BCUT2D eigenvalue weighted by Crippen LogP contribution is 2.58. The molecular formula is C16H15F11O. The van der Waals surface area contributed by atoms with Crippen LogP contribution in [0, 0.1) is 0 Å². The first-order chi connectivity index (χ1) is 12.4. The molecule has 0 spiro atoms. The SMILES string of the molecule is CCCc1ccccc1C(O)CC(F)(F)C(F)(F)C(F)(F)C(F)(F)C(F)(F)F. The van der Waals surface area contributed by atoms with Crippen LogP contribution in [0.15, 0.2) is 24.3 Å². The summed E-state index contributed by atoms with van der Waals surface area (Å²) in [6.07, 6.45) is -11.6. The van der Waals surface area contributed by atoms with E-state index in [1.807, 2.05) is 0 Å². The monoisotopic (exact) mass is 432 g/mol. The smallest absolute Gasteiger partial charge is 0.388 e. The van der Waals surface area contributed by atoms with Gasteiger partial charge in [0.1, 0.15) is 0 Å². The van der Waals surface area contributed by atoms with Gasteiger partial charge in [-0.15, -0.1) is 0 Å². The molecule has 0 aliphatic heterocycles. The highest BCUT2D eigenvalue weighted by molar-refractivity contribution is 5.29. The van der Waals surface area contributed by atoms with Crippen LogP contribution < -0.4 is 0 Å². The minimum Gasteiger partial charge on any atom is -0.388 e. The Labute approximate surface area is 152 Å². The predicted octanol–water partition coefficient (Wildman–Crippen LogP) is 6.17. The maximum atomic E-state index is 13.8. The van der Waals surface area contributed by atoms with Crippen LogP contribution in [0.25, 0.3) is 0 Å². The van der Waals surface area contributed by atoms with Crippen molar-refractivity contribution in [3.8, 4) is 0 Å². The van der Waals surface area contributed by atoms with E-state index in [1.54, 1.807) is 6.92 Å². The topological polar surface area (TPSA) is 20.2 Å². The Kier molecular flexibility index (Phi) is 6.70. The molecular weight excluding hydrogens is 417 g/mol. The number of alkyl halides is 11. The molecule has 28 heavy (non-hydrogen) atoms. The molecule has 1 rings (SSSR count). The summed E-state index contributed by atoms with van der Waals surface area (Å²) in [6, 6.07) is 4.96. The summed E-state index contributed by atoms with van der Waals surface area (Å²) < 4.78 is 143. The maximum absolute atomic E-state index is 13.8. The molecule has 0 heterocycles. The van der Waals surface area contributed by atoms with Gasteiger partial charge in [0.2, 0.25) is 0 Å². The summed E-state index contributed by atoms with van der Waals surface area (Å²) in [5, 5.41) is 9.79. The first-order valence-electron chi connectivity index (χ1n) is 7.78. The summed E-state index contributed by atoms with van der Waals surface area (Å²) in [6.45, 7) is 1.64. The van der Waals surface area contributed by atoms with Crippen LogP contribution in [0.2, 0.25) is 0 Å². The second-order valence-electron chi connectivity index (χ2n) is 6.09. The molecule has 0 aliphatic rings. The van der Waals surface area contributed by atoms with E-state index in [-0.39, 0.29) is 17.5 Å². The fourth-order valence-electron chi connectivity index (χ4n) is 2.44. The minimum absolute atomic E-state index is 0.178. The van der Waals surface area contributed by atoms with Gasteiger partial charge in [-0.25, -0.2) is 0 Å². The summed E-state index contributed by atoms with van der Waals surface area (Å²) in [5.41, 5.74) is -0.158. The lowest BCUT2D eigenvalue weighted by Crippen LogP contribution is -2.66. The lowest BCUT2D eigenvalue weighted by molar-refractivity contribution is -0.423. The molecule has 0 fully saturated rings. The summed E-state index contributed by atoms with van der Waals surface area (Å²) >= 11 is 0. The number of benzene rings is 1. The van der Waals surface area contributed by atoms with Crippen LogP contribution >= 0.6 is 0 Å². The predicted molar refractivity (Wildman–Crippen MR) is 75.9 cm³/mol. The van der Waals surface area contributed by atoms with Gasteiger partial charge in [0.15, 0.2) is 0 Å². The van der Waals surface area contributed by atoms with Crippen molar-refractivity contribution in [2.24, 2.45) is 0 Å². The normalized spacial score (nSPS) is 15.6. The Bertz CT molecular complexity index is 667. The van der Waals surface area contributed by atoms with Crippen molar-refractivity contribution >= 4 is 0 Å². The number of aliphatic hydroxyl groups is 1. The number of aliphatic hydroxyl groups excluding tert-OH is 1. The molecule has 0 aromatic heterocycles. The zero-order valence-corrected chi connectivity index (χ0v) is 14.1. The zero-order chi connectivity index (χ0) is 22.2. The molecule has 162 valence electrons. The molecule has 1 N–H and O–H groups in total. The van der Waals surface area contributed by atoms with E-state index < -0.39 is 42.4 Å². The van der Waals surface area contributed by atoms with Gasteiger partial charge < -0.3 is 5.11 Å². The van der Waals surface area contributed by atoms with Crippen LogP contribution in [-0.4, -0.2) is 35.0 Å². The van der Waals surface area contributed by atoms with E-state index in [2.05, 4.69) is 0 Å². The molecule has 0 amide bonds. The van der Waals surface area contributed by atoms with Crippen molar-refractivity contribution in [3.05, 3.63) is 35.4 Å². The first-order valence-corrected chi connectivity index (χ1v) is 7.78. The molecule has 1 atom stereocenters. The quantitative estimate of drug-likeness (QED) is 0.488. The molecule has 0 bridgehead atoms. The Hall–Kier alpha value is -1.59. The highest BCUT2D eigenvalue weighted by atomic mass is 19.4. The van der Waals surface area contributed by atoms with Gasteiger partial charge in [-0.05, 0) is 17.5 Å². The number of halogens is 11. The minimum atomic E-state index is -7.47. The van der Waals surface area contributed by atoms with Crippen LogP contribution in [0.5, 0.6) is 0 Å². The second kappa shape index (κ2) is 7.68. The zero-order valence-electron chi connectivity index (χ0n) is 14.1. The van der Waals surface area contributed by atoms with Crippen molar-refractivity contribution in [3.63, 3.8) is 0 Å². The average Bonchev–Trinajstić information content (AvgIpc) is 2.53. The van der Waals surface area contributed by atoms with Gasteiger partial charge in [-0.2, -0.15) is 48.3 Å². The van der Waals surface area contributed by atoms with E-state index in [0.29, 0.717) is 6.42 Å². The molecule has 0 radical (unpaired) electrons. The van der Waals surface area contributed by atoms with Crippen LogP contribution in [0.3, 0.4) is 0 Å². The molecule has 1 aromatic carbocycles. The van der Waals surface area contributed by atoms with E-state index in [9.17, 15) is 53.4 Å². The fraction of sp³-hybridized carbons (Fsp3) is 0.625. The average molecular weight is 432 g/mol. The van der Waals surface area contributed by atoms with E-state index >= 15 is 0 Å². The largest absolute Gasteiger partial charge is 0.460 e.